The lowest BCUT2D eigenvalue weighted by atomic mass is 10.2. The first-order valence-electron chi connectivity index (χ1n) is 10.3. The average molecular weight is 478 g/mol. The fraction of sp³-hybridized carbons (Fsp3) is 0.120. The molecule has 1 aromatic heterocycles. The maximum Gasteiger partial charge on any atom is 0.279 e. The summed E-state index contributed by atoms with van der Waals surface area (Å²) in [6.45, 7) is 8.25. The molecule has 0 aliphatic heterocycles. The Morgan fingerprint density at radius 3 is 2.36 bits per heavy atom. The number of carbonyl (C=O) groups is 1. The molecule has 0 spiro atoms. The normalized spacial score (nSPS) is 12.1. The van der Waals surface area contributed by atoms with Crippen LogP contribution in [0.5, 0.6) is 0 Å². The minimum absolute atomic E-state index is 0.176. The van der Waals surface area contributed by atoms with Gasteiger partial charge in [-0.25, -0.2) is 8.42 Å². The summed E-state index contributed by atoms with van der Waals surface area (Å²) in [5, 5.41) is 0. The number of hydrogen-bond acceptors (Lipinski definition) is 4. The standard InChI is InChI=1S/C25H23N3O3S2/c1-4-15-28-22-14-7-18(3)16-23(22)32-25(28)26-24(29)19-8-10-20(11-9-19)27-33(30,31)21-12-5-17(2)6-13-21/h4-14,16,27H,1,15H2,2-3H3. The van der Waals surface area contributed by atoms with Crippen molar-refractivity contribution in [1.29, 1.82) is 0 Å². The van der Waals surface area contributed by atoms with Gasteiger partial charge < -0.3 is 4.57 Å². The zero-order valence-corrected chi connectivity index (χ0v) is 19.9. The van der Waals surface area contributed by atoms with Gasteiger partial charge in [-0.2, -0.15) is 4.99 Å². The fourth-order valence-electron chi connectivity index (χ4n) is 3.34. The Morgan fingerprint density at radius 1 is 1.03 bits per heavy atom. The molecular weight excluding hydrogens is 454 g/mol. The van der Waals surface area contributed by atoms with E-state index in [4.69, 9.17) is 0 Å². The second-order valence-electron chi connectivity index (χ2n) is 7.67. The molecule has 0 saturated heterocycles. The van der Waals surface area contributed by atoms with Crippen molar-refractivity contribution < 1.29 is 13.2 Å². The zero-order valence-electron chi connectivity index (χ0n) is 18.3. The zero-order chi connectivity index (χ0) is 23.6. The Balaban J connectivity index is 1.60. The molecule has 0 aliphatic carbocycles. The monoisotopic (exact) mass is 477 g/mol. The number of aromatic nitrogens is 1. The summed E-state index contributed by atoms with van der Waals surface area (Å²) >= 11 is 1.45. The van der Waals surface area contributed by atoms with Crippen molar-refractivity contribution in [1.82, 2.24) is 4.57 Å². The lowest BCUT2D eigenvalue weighted by Crippen LogP contribution is -2.16. The lowest BCUT2D eigenvalue weighted by molar-refractivity contribution is 0.0998. The molecule has 1 N–H and O–H groups in total. The highest BCUT2D eigenvalue weighted by Crippen LogP contribution is 2.20. The highest BCUT2D eigenvalue weighted by Gasteiger charge is 2.14. The largest absolute Gasteiger partial charge is 0.312 e. The summed E-state index contributed by atoms with van der Waals surface area (Å²) in [7, 11) is -3.71. The first-order chi connectivity index (χ1) is 15.8. The van der Waals surface area contributed by atoms with Gasteiger partial charge in [-0.1, -0.05) is 41.2 Å². The van der Waals surface area contributed by atoms with E-state index in [1.165, 1.54) is 11.3 Å². The predicted molar refractivity (Wildman–Crippen MR) is 133 cm³/mol. The van der Waals surface area contributed by atoms with Crippen molar-refractivity contribution >= 4 is 43.2 Å². The summed E-state index contributed by atoms with van der Waals surface area (Å²) in [6.07, 6.45) is 1.77. The average Bonchev–Trinajstić information content (AvgIpc) is 3.10. The lowest BCUT2D eigenvalue weighted by Gasteiger charge is -2.08. The number of carbonyl (C=O) groups excluding carboxylic acids is 1. The van der Waals surface area contributed by atoms with Crippen LogP contribution in [0.15, 0.2) is 89.3 Å². The first kappa shape index (κ1) is 22.7. The summed E-state index contributed by atoms with van der Waals surface area (Å²) in [5.41, 5.74) is 3.84. The quantitative estimate of drug-likeness (QED) is 0.395. The number of nitrogens with zero attached hydrogens (tertiary/aromatic N) is 2. The molecule has 0 bridgehead atoms. The summed E-state index contributed by atoms with van der Waals surface area (Å²) in [5.74, 6) is -0.399. The maximum absolute atomic E-state index is 12.8. The molecule has 33 heavy (non-hydrogen) atoms. The van der Waals surface area contributed by atoms with Crippen molar-refractivity contribution in [2.45, 2.75) is 25.3 Å². The number of benzene rings is 3. The van der Waals surface area contributed by atoms with Crippen molar-refractivity contribution in [2.75, 3.05) is 4.72 Å². The molecule has 0 radical (unpaired) electrons. The molecule has 0 unspecified atom stereocenters. The molecule has 4 rings (SSSR count). The van der Waals surface area contributed by atoms with Crippen LogP contribution >= 0.6 is 11.3 Å². The van der Waals surface area contributed by atoms with Gasteiger partial charge in [-0.3, -0.25) is 9.52 Å². The van der Waals surface area contributed by atoms with Gasteiger partial charge >= 0.3 is 0 Å². The number of fused-ring (bicyclic) bond motifs is 1. The Labute approximate surface area is 196 Å². The molecule has 0 aliphatic rings. The van der Waals surface area contributed by atoms with Crippen molar-refractivity contribution in [3.8, 4) is 0 Å². The van der Waals surface area contributed by atoms with Crippen LogP contribution in [0.25, 0.3) is 10.2 Å². The minimum Gasteiger partial charge on any atom is -0.312 e. The second kappa shape index (κ2) is 9.17. The van der Waals surface area contributed by atoms with E-state index >= 15 is 0 Å². The van der Waals surface area contributed by atoms with Gasteiger partial charge in [-0.05, 0) is 67.9 Å². The van der Waals surface area contributed by atoms with Crippen LogP contribution in [0.4, 0.5) is 5.69 Å². The van der Waals surface area contributed by atoms with Gasteiger partial charge in [0, 0.05) is 17.8 Å². The van der Waals surface area contributed by atoms with Crippen LogP contribution in [0.1, 0.15) is 21.5 Å². The molecule has 1 amide bonds. The highest BCUT2D eigenvalue weighted by atomic mass is 32.2. The number of rotatable bonds is 6. The first-order valence-corrected chi connectivity index (χ1v) is 12.6. The smallest absolute Gasteiger partial charge is 0.279 e. The van der Waals surface area contributed by atoms with E-state index < -0.39 is 15.9 Å². The highest BCUT2D eigenvalue weighted by molar-refractivity contribution is 7.92. The van der Waals surface area contributed by atoms with Crippen LogP contribution in [-0.2, 0) is 16.6 Å². The number of hydrogen-bond donors (Lipinski definition) is 1. The third-order valence-corrected chi connectivity index (χ3v) is 7.50. The van der Waals surface area contributed by atoms with E-state index in [0.717, 1.165) is 21.3 Å². The number of allylic oxidation sites excluding steroid dienone is 1. The number of sulfonamides is 1. The molecule has 6 nitrogen and oxygen atoms in total. The predicted octanol–water partition coefficient (Wildman–Crippen LogP) is 5.05. The molecule has 3 aromatic carbocycles. The van der Waals surface area contributed by atoms with Gasteiger partial charge in [-0.15, -0.1) is 6.58 Å². The molecule has 1 heterocycles. The minimum atomic E-state index is -3.71. The third kappa shape index (κ3) is 4.97. The SMILES string of the molecule is C=CCn1c(=NC(=O)c2ccc(NS(=O)(=O)c3ccc(C)cc3)cc2)sc2cc(C)ccc21. The van der Waals surface area contributed by atoms with E-state index in [0.29, 0.717) is 22.6 Å². The summed E-state index contributed by atoms with van der Waals surface area (Å²) in [4.78, 5) is 17.9. The number of amides is 1. The molecule has 4 aromatic rings. The Bertz CT molecular complexity index is 1510. The number of nitrogens with one attached hydrogen (secondary N) is 1. The summed E-state index contributed by atoms with van der Waals surface area (Å²) < 4.78 is 30.7. The molecule has 0 atom stereocenters. The Morgan fingerprint density at radius 2 is 1.70 bits per heavy atom. The topological polar surface area (TPSA) is 80.5 Å². The molecule has 168 valence electrons. The van der Waals surface area contributed by atoms with Gasteiger partial charge in [0.25, 0.3) is 15.9 Å². The number of anilines is 1. The maximum atomic E-state index is 12.8. The van der Waals surface area contributed by atoms with Gasteiger partial charge in [0.15, 0.2) is 4.80 Å². The second-order valence-corrected chi connectivity index (χ2v) is 10.4. The number of thiazole rings is 1. The third-order valence-electron chi connectivity index (χ3n) is 5.06. The Kier molecular flexibility index (Phi) is 6.31. The van der Waals surface area contributed by atoms with Crippen molar-refractivity contribution in [3.63, 3.8) is 0 Å². The van der Waals surface area contributed by atoms with E-state index in [2.05, 4.69) is 22.4 Å². The summed E-state index contributed by atoms with van der Waals surface area (Å²) in [6, 6.07) is 18.9. The Hall–Kier alpha value is -3.49. The van der Waals surface area contributed by atoms with Crippen molar-refractivity contribution in [3.05, 3.63) is 101 Å². The van der Waals surface area contributed by atoms with Crippen molar-refractivity contribution in [2.24, 2.45) is 4.99 Å². The van der Waals surface area contributed by atoms with Crippen LogP contribution in [0, 0.1) is 13.8 Å². The van der Waals surface area contributed by atoms with E-state index in [1.807, 2.05) is 30.5 Å². The van der Waals surface area contributed by atoms with E-state index in [9.17, 15) is 13.2 Å². The molecule has 8 heteroatoms. The van der Waals surface area contributed by atoms with E-state index in [-0.39, 0.29) is 4.90 Å². The molecular formula is C25H23N3O3S2. The van der Waals surface area contributed by atoms with Gasteiger partial charge in [0.2, 0.25) is 0 Å². The van der Waals surface area contributed by atoms with E-state index in [1.54, 1.807) is 54.6 Å². The fourth-order valence-corrected chi connectivity index (χ4v) is 5.53. The van der Waals surface area contributed by atoms with Crippen LogP contribution in [-0.4, -0.2) is 18.9 Å². The molecule has 0 saturated carbocycles. The number of aryl methyl sites for hydroxylation is 2. The molecule has 0 fully saturated rings. The van der Waals surface area contributed by atoms with Crippen LogP contribution in [0.2, 0.25) is 0 Å². The van der Waals surface area contributed by atoms with Gasteiger partial charge in [0.05, 0.1) is 15.1 Å². The van der Waals surface area contributed by atoms with Gasteiger partial charge in [0.1, 0.15) is 0 Å². The van der Waals surface area contributed by atoms with Crippen LogP contribution < -0.4 is 9.52 Å². The van der Waals surface area contributed by atoms with Crippen LogP contribution in [0.3, 0.4) is 0 Å².